The number of anilines is 1. The molecule has 0 saturated carbocycles. The molecule has 3 nitrogen and oxygen atoms in total. The fourth-order valence-corrected chi connectivity index (χ4v) is 2.12. The second-order valence-electron chi connectivity index (χ2n) is 4.78. The zero-order chi connectivity index (χ0) is 14.5. The molecule has 106 valence electrons. The maximum absolute atomic E-state index is 6.03. The molecule has 0 radical (unpaired) electrons. The molecule has 0 unspecified atom stereocenters. The monoisotopic (exact) mass is 290 g/mol. The third-order valence-corrected chi connectivity index (χ3v) is 3.19. The molecule has 1 N–H and O–H groups in total. The van der Waals surface area contributed by atoms with E-state index in [2.05, 4.69) is 5.32 Å². The fourth-order valence-electron chi connectivity index (χ4n) is 1.93. The first-order valence-corrected chi connectivity index (χ1v) is 6.86. The van der Waals surface area contributed by atoms with E-state index in [1.807, 2.05) is 68.5 Å². The van der Waals surface area contributed by atoms with Crippen molar-refractivity contribution in [3.63, 3.8) is 0 Å². The van der Waals surface area contributed by atoms with E-state index < -0.39 is 0 Å². The standard InChI is InChI=1S/C16H19ClN2O/c1-18-11-12-9-13(17)7-8-16(12)20-15-6-4-5-14(10-15)19(2)3/h4-10,18H,11H2,1-3H3. The van der Waals surface area contributed by atoms with Crippen LogP contribution in [0.5, 0.6) is 11.5 Å². The van der Waals surface area contributed by atoms with Crippen molar-refractivity contribution in [3.8, 4) is 11.5 Å². The molecular formula is C16H19ClN2O. The highest BCUT2D eigenvalue weighted by molar-refractivity contribution is 6.30. The summed E-state index contributed by atoms with van der Waals surface area (Å²) < 4.78 is 5.98. The normalized spacial score (nSPS) is 10.4. The van der Waals surface area contributed by atoms with Crippen LogP contribution in [0.15, 0.2) is 42.5 Å². The molecule has 0 aliphatic heterocycles. The first kappa shape index (κ1) is 14.7. The molecule has 0 bridgehead atoms. The third-order valence-electron chi connectivity index (χ3n) is 2.95. The average molecular weight is 291 g/mol. The van der Waals surface area contributed by atoms with Gasteiger partial charge in [-0.3, -0.25) is 0 Å². The van der Waals surface area contributed by atoms with Crippen molar-refractivity contribution in [2.24, 2.45) is 0 Å². The van der Waals surface area contributed by atoms with Crippen molar-refractivity contribution in [1.82, 2.24) is 5.32 Å². The van der Waals surface area contributed by atoms with Gasteiger partial charge in [0.1, 0.15) is 11.5 Å². The molecule has 0 saturated heterocycles. The van der Waals surface area contributed by atoms with E-state index >= 15 is 0 Å². The molecule has 20 heavy (non-hydrogen) atoms. The maximum atomic E-state index is 6.03. The highest BCUT2D eigenvalue weighted by Crippen LogP contribution is 2.29. The van der Waals surface area contributed by atoms with Crippen molar-refractivity contribution >= 4 is 17.3 Å². The molecule has 0 amide bonds. The highest BCUT2D eigenvalue weighted by Gasteiger charge is 2.06. The summed E-state index contributed by atoms with van der Waals surface area (Å²) in [6.45, 7) is 0.712. The number of hydrogen-bond donors (Lipinski definition) is 1. The van der Waals surface area contributed by atoms with Crippen LogP contribution >= 0.6 is 11.6 Å². The van der Waals surface area contributed by atoms with Crippen LogP contribution in [0.4, 0.5) is 5.69 Å². The fraction of sp³-hybridized carbons (Fsp3) is 0.250. The van der Waals surface area contributed by atoms with Gasteiger partial charge in [0, 0.05) is 43.0 Å². The van der Waals surface area contributed by atoms with E-state index in [1.54, 1.807) is 0 Å². The number of nitrogens with zero attached hydrogens (tertiary/aromatic N) is 1. The van der Waals surface area contributed by atoms with E-state index in [0.29, 0.717) is 11.6 Å². The van der Waals surface area contributed by atoms with Crippen LogP contribution in [0.2, 0.25) is 5.02 Å². The van der Waals surface area contributed by atoms with Crippen LogP contribution in [-0.4, -0.2) is 21.1 Å². The number of rotatable bonds is 5. The number of ether oxygens (including phenoxy) is 1. The number of halogens is 1. The van der Waals surface area contributed by atoms with Gasteiger partial charge in [-0.1, -0.05) is 17.7 Å². The van der Waals surface area contributed by atoms with Gasteiger partial charge in [-0.25, -0.2) is 0 Å². The van der Waals surface area contributed by atoms with Crippen LogP contribution in [0, 0.1) is 0 Å². The van der Waals surface area contributed by atoms with E-state index in [-0.39, 0.29) is 0 Å². The van der Waals surface area contributed by atoms with Gasteiger partial charge < -0.3 is 15.0 Å². The summed E-state index contributed by atoms with van der Waals surface area (Å²) in [6, 6.07) is 13.6. The second-order valence-corrected chi connectivity index (χ2v) is 5.21. The molecule has 0 atom stereocenters. The third kappa shape index (κ3) is 3.65. The Hall–Kier alpha value is -1.71. The summed E-state index contributed by atoms with van der Waals surface area (Å²) in [4.78, 5) is 2.04. The Bertz CT molecular complexity index is 584. The first-order valence-electron chi connectivity index (χ1n) is 6.48. The van der Waals surface area contributed by atoms with E-state index in [9.17, 15) is 0 Å². The minimum Gasteiger partial charge on any atom is -0.457 e. The van der Waals surface area contributed by atoms with Gasteiger partial charge in [-0.05, 0) is 37.4 Å². The van der Waals surface area contributed by atoms with Crippen molar-refractivity contribution in [2.75, 3.05) is 26.0 Å². The topological polar surface area (TPSA) is 24.5 Å². The summed E-state index contributed by atoms with van der Waals surface area (Å²) in [5.74, 6) is 1.63. The Balaban J connectivity index is 2.27. The zero-order valence-electron chi connectivity index (χ0n) is 12.0. The van der Waals surface area contributed by atoms with Crippen molar-refractivity contribution < 1.29 is 4.74 Å². The van der Waals surface area contributed by atoms with Gasteiger partial charge in [0.05, 0.1) is 0 Å². The summed E-state index contributed by atoms with van der Waals surface area (Å²) >= 11 is 6.03. The van der Waals surface area contributed by atoms with Crippen LogP contribution in [0.3, 0.4) is 0 Å². The highest BCUT2D eigenvalue weighted by atomic mass is 35.5. The smallest absolute Gasteiger partial charge is 0.132 e. The van der Waals surface area contributed by atoms with Gasteiger partial charge >= 0.3 is 0 Å². The Morgan fingerprint density at radius 3 is 2.65 bits per heavy atom. The largest absolute Gasteiger partial charge is 0.457 e. The van der Waals surface area contributed by atoms with E-state index in [0.717, 1.165) is 22.7 Å². The van der Waals surface area contributed by atoms with Crippen molar-refractivity contribution in [3.05, 3.63) is 53.1 Å². The molecule has 0 heterocycles. The lowest BCUT2D eigenvalue weighted by Gasteiger charge is -2.15. The van der Waals surface area contributed by atoms with Crippen molar-refractivity contribution in [1.29, 1.82) is 0 Å². The minimum absolute atomic E-state index is 0.712. The lowest BCUT2D eigenvalue weighted by Crippen LogP contribution is -2.08. The number of nitrogens with one attached hydrogen (secondary N) is 1. The Kier molecular flexibility index (Phi) is 4.88. The molecular weight excluding hydrogens is 272 g/mol. The lowest BCUT2D eigenvalue weighted by atomic mass is 10.2. The maximum Gasteiger partial charge on any atom is 0.132 e. The van der Waals surface area contributed by atoms with Gasteiger partial charge in [-0.15, -0.1) is 0 Å². The van der Waals surface area contributed by atoms with Gasteiger partial charge in [-0.2, -0.15) is 0 Å². The second kappa shape index (κ2) is 6.64. The van der Waals surface area contributed by atoms with E-state index in [4.69, 9.17) is 16.3 Å². The van der Waals surface area contributed by atoms with Gasteiger partial charge in [0.2, 0.25) is 0 Å². The van der Waals surface area contributed by atoms with Crippen molar-refractivity contribution in [2.45, 2.75) is 6.54 Å². The minimum atomic E-state index is 0.712. The van der Waals surface area contributed by atoms with Crippen LogP contribution in [0.25, 0.3) is 0 Å². The molecule has 0 spiro atoms. The quantitative estimate of drug-likeness (QED) is 0.903. The summed E-state index contributed by atoms with van der Waals surface area (Å²) in [6.07, 6.45) is 0. The predicted molar refractivity (Wildman–Crippen MR) is 85.1 cm³/mol. The zero-order valence-corrected chi connectivity index (χ0v) is 12.7. The number of benzene rings is 2. The van der Waals surface area contributed by atoms with Crippen LogP contribution < -0.4 is 15.0 Å². The lowest BCUT2D eigenvalue weighted by molar-refractivity contribution is 0.474. The summed E-state index contributed by atoms with van der Waals surface area (Å²) in [7, 11) is 5.92. The first-order chi connectivity index (χ1) is 9.60. The SMILES string of the molecule is CNCc1cc(Cl)ccc1Oc1cccc(N(C)C)c1. The Morgan fingerprint density at radius 1 is 1.15 bits per heavy atom. The molecule has 0 aliphatic rings. The molecule has 2 aromatic rings. The van der Waals surface area contributed by atoms with Gasteiger partial charge in [0.25, 0.3) is 0 Å². The molecule has 2 rings (SSSR count). The molecule has 4 heteroatoms. The molecule has 0 fully saturated rings. The average Bonchev–Trinajstić information content (AvgIpc) is 2.42. The summed E-state index contributed by atoms with van der Waals surface area (Å²) in [5.41, 5.74) is 2.14. The molecule has 2 aromatic carbocycles. The number of hydrogen-bond acceptors (Lipinski definition) is 3. The van der Waals surface area contributed by atoms with Crippen LogP contribution in [0.1, 0.15) is 5.56 Å². The molecule has 0 aromatic heterocycles. The Morgan fingerprint density at radius 2 is 1.95 bits per heavy atom. The Labute approximate surface area is 125 Å². The van der Waals surface area contributed by atoms with Crippen LogP contribution in [-0.2, 0) is 6.54 Å². The van der Waals surface area contributed by atoms with Gasteiger partial charge in [0.15, 0.2) is 0 Å². The predicted octanol–water partition coefficient (Wildman–Crippen LogP) is 3.92. The van der Waals surface area contributed by atoms with E-state index in [1.165, 1.54) is 0 Å². The molecule has 0 aliphatic carbocycles. The summed E-state index contributed by atoms with van der Waals surface area (Å²) in [5, 5.41) is 3.83.